The minimum atomic E-state index is -0.910. The lowest BCUT2D eigenvalue weighted by atomic mass is 10.1. The van der Waals surface area contributed by atoms with E-state index in [-0.39, 0.29) is 0 Å². The van der Waals surface area contributed by atoms with E-state index in [1.165, 1.54) is 23.0 Å². The highest BCUT2D eigenvalue weighted by Crippen LogP contribution is 2.60. The number of para-hydroxylation sites is 1. The number of hydrogen-bond donors (Lipinski definition) is 1. The standard InChI is InChI=1S/C12H17NP/c1-4-6-10-7-5-8-11-9-14(2,3)13-12(10)11/h4-8,13H,9H2,1-3H3/q+1/b6-4-. The van der Waals surface area contributed by atoms with Gasteiger partial charge in [-0.1, -0.05) is 30.4 Å². The van der Waals surface area contributed by atoms with Crippen LogP contribution in [0.5, 0.6) is 0 Å². The summed E-state index contributed by atoms with van der Waals surface area (Å²) in [5.74, 6) is 0. The largest absolute Gasteiger partial charge is 0.260 e. The summed E-state index contributed by atoms with van der Waals surface area (Å²) in [6.45, 7) is 6.77. The molecule has 0 amide bonds. The quantitative estimate of drug-likeness (QED) is 0.688. The van der Waals surface area contributed by atoms with E-state index in [4.69, 9.17) is 0 Å². The summed E-state index contributed by atoms with van der Waals surface area (Å²) in [6.07, 6.45) is 5.51. The molecule has 1 aliphatic heterocycles. The van der Waals surface area contributed by atoms with Crippen LogP contribution in [0.4, 0.5) is 5.69 Å². The first kappa shape index (κ1) is 9.73. The number of allylic oxidation sites excluding steroid dienone is 1. The molecule has 1 aliphatic rings. The van der Waals surface area contributed by atoms with Gasteiger partial charge in [-0.2, -0.15) is 0 Å². The van der Waals surface area contributed by atoms with E-state index < -0.39 is 7.41 Å². The van der Waals surface area contributed by atoms with E-state index in [2.05, 4.69) is 55.7 Å². The zero-order valence-corrected chi connectivity index (χ0v) is 9.94. The molecule has 0 bridgehead atoms. The molecule has 2 heteroatoms. The van der Waals surface area contributed by atoms with Crippen LogP contribution in [0.25, 0.3) is 6.08 Å². The van der Waals surface area contributed by atoms with Crippen LogP contribution < -0.4 is 5.09 Å². The van der Waals surface area contributed by atoms with Gasteiger partial charge in [0, 0.05) is 11.1 Å². The predicted molar refractivity (Wildman–Crippen MR) is 67.2 cm³/mol. The molecule has 0 spiro atoms. The van der Waals surface area contributed by atoms with Gasteiger partial charge in [0.25, 0.3) is 0 Å². The third kappa shape index (κ3) is 1.69. The summed E-state index contributed by atoms with van der Waals surface area (Å²) < 4.78 is 0. The zero-order chi connectivity index (χ0) is 10.2. The van der Waals surface area contributed by atoms with E-state index in [0.717, 1.165) is 0 Å². The Kier molecular flexibility index (Phi) is 2.36. The van der Waals surface area contributed by atoms with Crippen molar-refractivity contribution in [1.29, 1.82) is 0 Å². The molecule has 0 saturated heterocycles. The molecule has 1 aromatic rings. The maximum atomic E-state index is 3.69. The lowest BCUT2D eigenvalue weighted by molar-refractivity contribution is 1.43. The maximum Gasteiger partial charge on any atom is 0.106 e. The fraction of sp³-hybridized carbons (Fsp3) is 0.333. The minimum absolute atomic E-state index is 0.910. The SMILES string of the molecule is C/C=C\c1cccc2c1N[P+](C)(C)C2. The van der Waals surface area contributed by atoms with Crippen LogP contribution in [0.15, 0.2) is 24.3 Å². The Morgan fingerprint density at radius 1 is 1.36 bits per heavy atom. The second-order valence-electron chi connectivity index (χ2n) is 4.34. The molecule has 1 heterocycles. The van der Waals surface area contributed by atoms with Gasteiger partial charge in [0.05, 0.1) is 19.0 Å². The summed E-state index contributed by atoms with van der Waals surface area (Å²) in [4.78, 5) is 0. The molecule has 0 aromatic heterocycles. The maximum absolute atomic E-state index is 3.69. The highest BCUT2D eigenvalue weighted by atomic mass is 31.2. The lowest BCUT2D eigenvalue weighted by Gasteiger charge is -2.10. The highest BCUT2D eigenvalue weighted by molar-refractivity contribution is 7.75. The molecule has 14 heavy (non-hydrogen) atoms. The molecule has 0 saturated carbocycles. The van der Waals surface area contributed by atoms with Crippen molar-refractivity contribution in [2.24, 2.45) is 0 Å². The Morgan fingerprint density at radius 3 is 2.86 bits per heavy atom. The van der Waals surface area contributed by atoms with Gasteiger partial charge in [0.2, 0.25) is 0 Å². The van der Waals surface area contributed by atoms with Gasteiger partial charge in [-0.3, -0.25) is 5.09 Å². The van der Waals surface area contributed by atoms with Crippen molar-refractivity contribution in [2.45, 2.75) is 13.1 Å². The molecule has 0 unspecified atom stereocenters. The van der Waals surface area contributed by atoms with Crippen molar-refractivity contribution in [3.63, 3.8) is 0 Å². The van der Waals surface area contributed by atoms with E-state index in [9.17, 15) is 0 Å². The molecular weight excluding hydrogens is 189 g/mol. The van der Waals surface area contributed by atoms with E-state index >= 15 is 0 Å². The molecule has 0 radical (unpaired) electrons. The summed E-state index contributed by atoms with van der Waals surface area (Å²) in [5.41, 5.74) is 4.18. The van der Waals surface area contributed by atoms with Crippen LogP contribution >= 0.6 is 7.41 Å². The number of anilines is 1. The zero-order valence-electron chi connectivity index (χ0n) is 9.04. The minimum Gasteiger partial charge on any atom is -0.260 e. The molecular formula is C12H17NP+. The average molecular weight is 206 g/mol. The van der Waals surface area contributed by atoms with Crippen LogP contribution in [-0.4, -0.2) is 13.3 Å². The average Bonchev–Trinajstić information content (AvgIpc) is 2.41. The second kappa shape index (κ2) is 3.40. The van der Waals surface area contributed by atoms with Gasteiger partial charge < -0.3 is 0 Å². The van der Waals surface area contributed by atoms with Crippen LogP contribution in [0, 0.1) is 0 Å². The second-order valence-corrected chi connectivity index (χ2v) is 8.25. The third-order valence-electron chi connectivity index (χ3n) is 2.51. The normalized spacial score (nSPS) is 18.2. The van der Waals surface area contributed by atoms with E-state index in [0.29, 0.717) is 0 Å². The van der Waals surface area contributed by atoms with Gasteiger partial charge >= 0.3 is 0 Å². The lowest BCUT2D eigenvalue weighted by Crippen LogP contribution is -1.94. The Bertz CT molecular complexity index is 380. The summed E-state index contributed by atoms with van der Waals surface area (Å²) in [5, 5.41) is 3.69. The molecule has 1 N–H and O–H groups in total. The van der Waals surface area contributed by atoms with Crippen molar-refractivity contribution < 1.29 is 0 Å². The molecule has 1 aromatic carbocycles. The Balaban J connectivity index is 2.46. The first-order chi connectivity index (χ1) is 6.62. The topological polar surface area (TPSA) is 12.0 Å². The smallest absolute Gasteiger partial charge is 0.106 e. The number of nitrogens with one attached hydrogen (secondary N) is 1. The van der Waals surface area contributed by atoms with Gasteiger partial charge in [-0.25, -0.2) is 0 Å². The predicted octanol–water partition coefficient (Wildman–Crippen LogP) is 3.84. The molecule has 0 atom stereocenters. The number of rotatable bonds is 1. The number of fused-ring (bicyclic) bond motifs is 1. The van der Waals surface area contributed by atoms with Crippen LogP contribution in [-0.2, 0) is 6.16 Å². The molecule has 0 fully saturated rings. The van der Waals surface area contributed by atoms with Crippen molar-refractivity contribution in [2.75, 3.05) is 18.4 Å². The first-order valence-corrected chi connectivity index (χ1v) is 7.85. The number of benzene rings is 1. The summed E-state index contributed by atoms with van der Waals surface area (Å²) >= 11 is 0. The Hall–Kier alpha value is -0.810. The monoisotopic (exact) mass is 206 g/mol. The van der Waals surface area contributed by atoms with Gasteiger partial charge in [-0.15, -0.1) is 0 Å². The van der Waals surface area contributed by atoms with Gasteiger partial charge in [-0.05, 0) is 6.92 Å². The van der Waals surface area contributed by atoms with Gasteiger partial charge in [0.15, 0.2) is 0 Å². The molecule has 1 nitrogen and oxygen atoms in total. The first-order valence-electron chi connectivity index (χ1n) is 4.98. The van der Waals surface area contributed by atoms with Gasteiger partial charge in [0.1, 0.15) is 13.6 Å². The van der Waals surface area contributed by atoms with Crippen molar-refractivity contribution in [1.82, 2.24) is 0 Å². The van der Waals surface area contributed by atoms with Crippen LogP contribution in [0.2, 0.25) is 0 Å². The molecule has 74 valence electrons. The van der Waals surface area contributed by atoms with Crippen molar-refractivity contribution in [3.05, 3.63) is 35.4 Å². The number of hydrogen-bond acceptors (Lipinski definition) is 1. The Morgan fingerprint density at radius 2 is 2.14 bits per heavy atom. The van der Waals surface area contributed by atoms with Crippen molar-refractivity contribution in [3.8, 4) is 0 Å². The van der Waals surface area contributed by atoms with E-state index in [1.54, 1.807) is 0 Å². The third-order valence-corrected chi connectivity index (χ3v) is 4.47. The van der Waals surface area contributed by atoms with Crippen LogP contribution in [0.1, 0.15) is 18.1 Å². The highest BCUT2D eigenvalue weighted by Gasteiger charge is 2.35. The fourth-order valence-corrected chi connectivity index (χ4v) is 4.05. The fourth-order valence-electron chi connectivity index (χ4n) is 1.97. The van der Waals surface area contributed by atoms with Crippen LogP contribution in [0.3, 0.4) is 0 Å². The van der Waals surface area contributed by atoms with E-state index in [1.807, 2.05) is 0 Å². The molecule has 0 aliphatic carbocycles. The summed E-state index contributed by atoms with van der Waals surface area (Å²) in [7, 11) is -0.910. The summed E-state index contributed by atoms with van der Waals surface area (Å²) in [6, 6.07) is 6.57. The molecule has 2 rings (SSSR count). The van der Waals surface area contributed by atoms with Crippen molar-refractivity contribution >= 4 is 19.2 Å². The Labute approximate surface area is 86.6 Å².